The average Bonchev–Trinajstić information content (AvgIpc) is 2.89. The smallest absolute Gasteiger partial charge is 0.174 e. The van der Waals surface area contributed by atoms with E-state index < -0.39 is 6.10 Å². The first-order valence-corrected chi connectivity index (χ1v) is 7.06. The van der Waals surface area contributed by atoms with E-state index in [1.54, 1.807) is 5.51 Å². The molecule has 0 spiro atoms. The highest BCUT2D eigenvalue weighted by molar-refractivity contribution is 8.01. The van der Waals surface area contributed by atoms with E-state index in [-0.39, 0.29) is 12.4 Å². The zero-order chi connectivity index (χ0) is 12.8. The summed E-state index contributed by atoms with van der Waals surface area (Å²) in [6.07, 6.45) is -0.607. The van der Waals surface area contributed by atoms with Crippen LogP contribution in [-0.4, -0.2) is 33.8 Å². The number of aliphatic hydroxyl groups excluding tert-OH is 1. The van der Waals surface area contributed by atoms with Crippen LogP contribution in [0.2, 0.25) is 0 Å². The number of halogens is 1. The van der Waals surface area contributed by atoms with E-state index in [1.807, 2.05) is 0 Å². The molecular formula is C11H11FN2O2S2. The molecule has 1 unspecified atom stereocenters. The molecule has 0 radical (unpaired) electrons. The minimum absolute atomic E-state index is 0.164. The standard InChI is InChI=1S/C11H11FN2O2S2/c12-8-1-3-10(4-2-8)16-5-9(15)6-17-11-14-13-7-18-11/h1-4,7,9,15H,5-6H2. The van der Waals surface area contributed by atoms with Gasteiger partial charge in [-0.3, -0.25) is 0 Å². The summed E-state index contributed by atoms with van der Waals surface area (Å²) in [4.78, 5) is 0. The lowest BCUT2D eigenvalue weighted by Gasteiger charge is -2.11. The van der Waals surface area contributed by atoms with Gasteiger partial charge in [0.2, 0.25) is 0 Å². The second kappa shape index (κ2) is 6.67. The van der Waals surface area contributed by atoms with Crippen LogP contribution in [0.25, 0.3) is 0 Å². The Morgan fingerprint density at radius 3 is 2.83 bits per heavy atom. The first-order valence-electron chi connectivity index (χ1n) is 5.19. The van der Waals surface area contributed by atoms with E-state index >= 15 is 0 Å². The van der Waals surface area contributed by atoms with Crippen LogP contribution in [0.1, 0.15) is 0 Å². The lowest BCUT2D eigenvalue weighted by atomic mass is 10.3. The number of thioether (sulfide) groups is 1. The molecule has 0 aliphatic carbocycles. The van der Waals surface area contributed by atoms with Crippen molar-refractivity contribution in [3.05, 3.63) is 35.6 Å². The van der Waals surface area contributed by atoms with Gasteiger partial charge in [-0.2, -0.15) is 0 Å². The van der Waals surface area contributed by atoms with E-state index in [2.05, 4.69) is 10.2 Å². The number of hydrogen-bond donors (Lipinski definition) is 1. The Morgan fingerprint density at radius 2 is 2.17 bits per heavy atom. The molecule has 2 rings (SSSR count). The molecule has 0 aliphatic heterocycles. The van der Waals surface area contributed by atoms with Gasteiger partial charge in [0.15, 0.2) is 4.34 Å². The largest absolute Gasteiger partial charge is 0.491 e. The molecule has 1 heterocycles. The highest BCUT2D eigenvalue weighted by Crippen LogP contribution is 2.20. The third-order valence-electron chi connectivity index (χ3n) is 2.00. The molecule has 1 N–H and O–H groups in total. The third-order valence-corrected chi connectivity index (χ3v) is 4.00. The number of hydrogen-bond acceptors (Lipinski definition) is 6. The first-order chi connectivity index (χ1) is 8.74. The van der Waals surface area contributed by atoms with Crippen molar-refractivity contribution in [3.63, 3.8) is 0 Å². The number of benzene rings is 1. The van der Waals surface area contributed by atoms with Gasteiger partial charge in [0.05, 0.1) is 6.10 Å². The fraction of sp³-hybridized carbons (Fsp3) is 0.273. The van der Waals surface area contributed by atoms with Gasteiger partial charge >= 0.3 is 0 Å². The van der Waals surface area contributed by atoms with Gasteiger partial charge in [0.1, 0.15) is 23.7 Å². The minimum atomic E-state index is -0.607. The zero-order valence-corrected chi connectivity index (χ0v) is 11.0. The Balaban J connectivity index is 1.71. The van der Waals surface area contributed by atoms with Gasteiger partial charge in [-0.1, -0.05) is 23.1 Å². The summed E-state index contributed by atoms with van der Waals surface area (Å²) in [6, 6.07) is 5.69. The fourth-order valence-electron chi connectivity index (χ4n) is 1.16. The fourth-order valence-corrected chi connectivity index (χ4v) is 2.58. The molecular weight excluding hydrogens is 275 g/mol. The Kier molecular flexibility index (Phi) is 4.91. The molecule has 18 heavy (non-hydrogen) atoms. The van der Waals surface area contributed by atoms with E-state index in [4.69, 9.17) is 4.74 Å². The molecule has 96 valence electrons. The van der Waals surface area contributed by atoms with Gasteiger partial charge in [0, 0.05) is 5.75 Å². The minimum Gasteiger partial charge on any atom is -0.491 e. The maximum absolute atomic E-state index is 12.6. The summed E-state index contributed by atoms with van der Waals surface area (Å²) in [5.74, 6) is 0.710. The first kappa shape index (κ1) is 13.3. The highest BCUT2D eigenvalue weighted by Gasteiger charge is 2.08. The van der Waals surface area contributed by atoms with Crippen molar-refractivity contribution in [2.45, 2.75) is 10.4 Å². The van der Waals surface area contributed by atoms with Crippen LogP contribution in [0.5, 0.6) is 5.75 Å². The summed E-state index contributed by atoms with van der Waals surface area (Å²) >= 11 is 2.86. The van der Waals surface area contributed by atoms with Crippen LogP contribution < -0.4 is 4.74 Å². The molecule has 4 nitrogen and oxygen atoms in total. The van der Waals surface area contributed by atoms with Gasteiger partial charge in [0.25, 0.3) is 0 Å². The normalized spacial score (nSPS) is 12.3. The molecule has 1 aromatic carbocycles. The van der Waals surface area contributed by atoms with Crippen LogP contribution in [0.15, 0.2) is 34.1 Å². The summed E-state index contributed by atoms with van der Waals surface area (Å²) in [5, 5.41) is 17.3. The van der Waals surface area contributed by atoms with E-state index in [9.17, 15) is 9.50 Å². The van der Waals surface area contributed by atoms with Crippen molar-refractivity contribution >= 4 is 23.1 Å². The molecule has 0 bridgehead atoms. The molecule has 7 heteroatoms. The predicted molar refractivity (Wildman–Crippen MR) is 68.5 cm³/mol. The number of ether oxygens (including phenoxy) is 1. The third kappa shape index (κ3) is 4.25. The summed E-state index contributed by atoms with van der Waals surface area (Å²) in [5.41, 5.74) is 1.64. The monoisotopic (exact) mass is 286 g/mol. The molecule has 1 aromatic heterocycles. The van der Waals surface area contributed by atoms with Crippen molar-refractivity contribution in [1.29, 1.82) is 0 Å². The van der Waals surface area contributed by atoms with E-state index in [1.165, 1.54) is 47.4 Å². The topological polar surface area (TPSA) is 55.2 Å². The maximum atomic E-state index is 12.6. The molecule has 0 saturated carbocycles. The molecule has 0 fully saturated rings. The average molecular weight is 286 g/mol. The van der Waals surface area contributed by atoms with Crippen LogP contribution in [0, 0.1) is 5.82 Å². The second-order valence-corrected chi connectivity index (χ2v) is 5.53. The summed E-state index contributed by atoms with van der Waals surface area (Å²) in [7, 11) is 0. The van der Waals surface area contributed by atoms with Crippen molar-refractivity contribution in [1.82, 2.24) is 10.2 Å². The highest BCUT2D eigenvalue weighted by atomic mass is 32.2. The van der Waals surface area contributed by atoms with E-state index in [0.29, 0.717) is 11.5 Å². The maximum Gasteiger partial charge on any atom is 0.174 e. The van der Waals surface area contributed by atoms with Gasteiger partial charge in [-0.25, -0.2) is 4.39 Å². The quantitative estimate of drug-likeness (QED) is 0.825. The van der Waals surface area contributed by atoms with Gasteiger partial charge < -0.3 is 9.84 Å². The summed E-state index contributed by atoms with van der Waals surface area (Å²) < 4.78 is 18.8. The molecule has 1 atom stereocenters. The summed E-state index contributed by atoms with van der Waals surface area (Å²) in [6.45, 7) is 0.164. The Morgan fingerprint density at radius 1 is 1.39 bits per heavy atom. The lowest BCUT2D eigenvalue weighted by molar-refractivity contribution is 0.126. The molecule has 2 aromatic rings. The van der Waals surface area contributed by atoms with Gasteiger partial charge in [-0.15, -0.1) is 10.2 Å². The Hall–Kier alpha value is -1.18. The molecule has 0 saturated heterocycles. The van der Waals surface area contributed by atoms with Crippen LogP contribution >= 0.6 is 23.1 Å². The number of aromatic nitrogens is 2. The van der Waals surface area contributed by atoms with Crippen molar-refractivity contribution in [3.8, 4) is 5.75 Å². The van der Waals surface area contributed by atoms with Crippen molar-refractivity contribution in [2.24, 2.45) is 0 Å². The lowest BCUT2D eigenvalue weighted by Crippen LogP contribution is -2.20. The van der Waals surface area contributed by atoms with Crippen molar-refractivity contribution < 1.29 is 14.2 Å². The van der Waals surface area contributed by atoms with Crippen molar-refractivity contribution in [2.75, 3.05) is 12.4 Å². The Labute approximate surface area is 112 Å². The molecule has 0 amide bonds. The Bertz CT molecular complexity index is 464. The predicted octanol–water partition coefficient (Wildman–Crippen LogP) is 2.21. The number of nitrogens with zero attached hydrogens (tertiary/aromatic N) is 2. The number of aliphatic hydroxyl groups is 1. The van der Waals surface area contributed by atoms with Gasteiger partial charge in [-0.05, 0) is 24.3 Å². The van der Waals surface area contributed by atoms with Crippen LogP contribution in [-0.2, 0) is 0 Å². The SMILES string of the molecule is OC(COc1ccc(F)cc1)CSc1nncs1. The van der Waals surface area contributed by atoms with Crippen LogP contribution in [0.3, 0.4) is 0 Å². The second-order valence-electron chi connectivity index (χ2n) is 3.43. The number of rotatable bonds is 6. The molecule has 0 aliphatic rings. The zero-order valence-electron chi connectivity index (χ0n) is 9.32. The van der Waals surface area contributed by atoms with E-state index in [0.717, 1.165) is 4.34 Å². The van der Waals surface area contributed by atoms with Crippen LogP contribution in [0.4, 0.5) is 4.39 Å².